The van der Waals surface area contributed by atoms with Gasteiger partial charge in [-0.3, -0.25) is 4.79 Å². The average molecular weight is 400 g/mol. The largest absolute Gasteiger partial charge is 0.318 e. The maximum Gasteiger partial charge on any atom is 0.244 e. The maximum absolute atomic E-state index is 12.1. The second kappa shape index (κ2) is 7.20. The van der Waals surface area contributed by atoms with Crippen LogP contribution in [0.5, 0.6) is 0 Å². The Balaban J connectivity index is 1.50. The molecule has 148 valence electrons. The van der Waals surface area contributed by atoms with Gasteiger partial charge in [0, 0.05) is 22.6 Å². The fourth-order valence-corrected chi connectivity index (χ4v) is 6.01. The van der Waals surface area contributed by atoms with Crippen LogP contribution in [0.4, 0.5) is 0 Å². The van der Waals surface area contributed by atoms with Crippen molar-refractivity contribution in [2.45, 2.75) is 39.5 Å². The van der Waals surface area contributed by atoms with Crippen LogP contribution < -0.4 is 5.43 Å². The van der Waals surface area contributed by atoms with Gasteiger partial charge in [0.2, 0.25) is 5.91 Å². The Morgan fingerprint density at radius 3 is 2.75 bits per heavy atom. The van der Waals surface area contributed by atoms with Crippen LogP contribution >= 0.6 is 0 Å². The average Bonchev–Trinajstić information content (AvgIpc) is 3.32. The molecule has 1 aliphatic carbocycles. The molecular weight excluding hydrogens is 374 g/mol. The van der Waals surface area contributed by atoms with Crippen LogP contribution in [0.1, 0.15) is 40.9 Å². The SMILES string of the molecule is Cc1cc(/C=N\NC(=O)[C@@H]2CCS(=O)(=O)C2)c(C)n1-c1ccc2c(c1)CCC2. The van der Waals surface area contributed by atoms with Crippen molar-refractivity contribution in [1.82, 2.24) is 9.99 Å². The van der Waals surface area contributed by atoms with E-state index in [1.165, 1.54) is 24.0 Å². The number of nitrogens with zero attached hydrogens (tertiary/aromatic N) is 2. The van der Waals surface area contributed by atoms with Gasteiger partial charge in [0.25, 0.3) is 0 Å². The number of fused-ring (bicyclic) bond motifs is 1. The Morgan fingerprint density at radius 2 is 2.00 bits per heavy atom. The van der Waals surface area contributed by atoms with E-state index in [4.69, 9.17) is 0 Å². The fourth-order valence-electron chi connectivity index (χ4n) is 4.27. The molecule has 1 amide bonds. The molecule has 1 fully saturated rings. The molecule has 0 radical (unpaired) electrons. The Morgan fingerprint density at radius 1 is 1.21 bits per heavy atom. The molecule has 0 unspecified atom stereocenters. The number of hydrazone groups is 1. The maximum atomic E-state index is 12.1. The van der Waals surface area contributed by atoms with E-state index in [0.717, 1.165) is 29.1 Å². The van der Waals surface area contributed by atoms with Crippen molar-refractivity contribution in [3.8, 4) is 5.69 Å². The van der Waals surface area contributed by atoms with Crippen LogP contribution in [0.2, 0.25) is 0 Å². The number of nitrogens with one attached hydrogen (secondary N) is 1. The smallest absolute Gasteiger partial charge is 0.244 e. The minimum absolute atomic E-state index is 0.0801. The van der Waals surface area contributed by atoms with Crippen molar-refractivity contribution in [2.75, 3.05) is 11.5 Å². The molecule has 0 spiro atoms. The normalized spacial score (nSPS) is 20.6. The van der Waals surface area contributed by atoms with Gasteiger partial charge < -0.3 is 4.57 Å². The Kier molecular flexibility index (Phi) is 4.87. The van der Waals surface area contributed by atoms with Gasteiger partial charge in [-0.05, 0) is 68.9 Å². The molecule has 0 saturated carbocycles. The molecule has 4 rings (SSSR count). The highest BCUT2D eigenvalue weighted by atomic mass is 32.2. The number of amides is 1. The Bertz CT molecular complexity index is 1070. The number of carbonyl (C=O) groups is 1. The van der Waals surface area contributed by atoms with E-state index in [1.54, 1.807) is 6.21 Å². The van der Waals surface area contributed by atoms with Crippen molar-refractivity contribution >= 4 is 22.0 Å². The second-order valence-electron chi connectivity index (χ2n) is 7.80. The molecule has 7 heteroatoms. The zero-order valence-corrected chi connectivity index (χ0v) is 17.1. The first-order valence-electron chi connectivity index (χ1n) is 9.68. The first-order valence-corrected chi connectivity index (χ1v) is 11.5. The first kappa shape index (κ1) is 18.9. The van der Waals surface area contributed by atoms with Gasteiger partial charge in [0.1, 0.15) is 0 Å². The lowest BCUT2D eigenvalue weighted by Gasteiger charge is -2.11. The van der Waals surface area contributed by atoms with Crippen molar-refractivity contribution in [2.24, 2.45) is 11.0 Å². The van der Waals surface area contributed by atoms with E-state index in [-0.39, 0.29) is 17.4 Å². The van der Waals surface area contributed by atoms with Crippen LogP contribution in [-0.2, 0) is 27.5 Å². The van der Waals surface area contributed by atoms with E-state index < -0.39 is 15.8 Å². The number of rotatable bonds is 4. The molecule has 0 bridgehead atoms. The third-order valence-electron chi connectivity index (χ3n) is 5.79. The van der Waals surface area contributed by atoms with Gasteiger partial charge in [0.05, 0.1) is 23.6 Å². The highest BCUT2D eigenvalue weighted by molar-refractivity contribution is 7.91. The summed E-state index contributed by atoms with van der Waals surface area (Å²) < 4.78 is 25.2. The lowest BCUT2D eigenvalue weighted by atomic mass is 10.1. The molecule has 1 aliphatic heterocycles. The summed E-state index contributed by atoms with van der Waals surface area (Å²) >= 11 is 0. The van der Waals surface area contributed by atoms with Gasteiger partial charge in [-0.15, -0.1) is 0 Å². The summed E-state index contributed by atoms with van der Waals surface area (Å²) in [5.41, 5.74) is 9.61. The van der Waals surface area contributed by atoms with Gasteiger partial charge in [-0.1, -0.05) is 6.07 Å². The molecule has 2 aliphatic rings. The molecule has 2 heterocycles. The van der Waals surface area contributed by atoms with Crippen LogP contribution in [0, 0.1) is 19.8 Å². The van der Waals surface area contributed by atoms with E-state index in [1.807, 2.05) is 13.0 Å². The molecule has 6 nitrogen and oxygen atoms in total. The van der Waals surface area contributed by atoms with Crippen LogP contribution in [0.3, 0.4) is 0 Å². The number of carbonyl (C=O) groups excluding carboxylic acids is 1. The number of hydrogen-bond acceptors (Lipinski definition) is 4. The number of hydrogen-bond donors (Lipinski definition) is 1. The van der Waals surface area contributed by atoms with Gasteiger partial charge in [-0.2, -0.15) is 5.10 Å². The lowest BCUT2D eigenvalue weighted by molar-refractivity contribution is -0.124. The van der Waals surface area contributed by atoms with Crippen molar-refractivity contribution < 1.29 is 13.2 Å². The topological polar surface area (TPSA) is 80.5 Å². The Labute approximate surface area is 165 Å². The lowest BCUT2D eigenvalue weighted by Crippen LogP contribution is -2.27. The molecule has 1 atom stereocenters. The van der Waals surface area contributed by atoms with E-state index in [9.17, 15) is 13.2 Å². The van der Waals surface area contributed by atoms with E-state index >= 15 is 0 Å². The molecule has 1 aromatic heterocycles. The minimum atomic E-state index is -3.08. The molecular formula is C21H25N3O3S. The summed E-state index contributed by atoms with van der Waals surface area (Å²) in [5, 5.41) is 4.07. The van der Waals surface area contributed by atoms with Gasteiger partial charge in [-0.25, -0.2) is 13.8 Å². The monoisotopic (exact) mass is 399 g/mol. The van der Waals surface area contributed by atoms with Crippen LogP contribution in [0.25, 0.3) is 5.69 Å². The molecule has 2 aromatic rings. The summed E-state index contributed by atoms with van der Waals surface area (Å²) in [6.45, 7) is 4.09. The molecule has 1 aromatic carbocycles. The van der Waals surface area contributed by atoms with Crippen molar-refractivity contribution in [1.29, 1.82) is 0 Å². The zero-order valence-electron chi connectivity index (χ0n) is 16.2. The van der Waals surface area contributed by atoms with Crippen LogP contribution in [-0.4, -0.2) is 36.6 Å². The third-order valence-corrected chi connectivity index (χ3v) is 7.56. The quantitative estimate of drug-likeness (QED) is 0.633. The van der Waals surface area contributed by atoms with Crippen molar-refractivity contribution in [3.63, 3.8) is 0 Å². The molecule has 1 saturated heterocycles. The minimum Gasteiger partial charge on any atom is -0.318 e. The number of aryl methyl sites for hydroxylation is 3. The first-order chi connectivity index (χ1) is 13.3. The molecule has 1 N–H and O–H groups in total. The number of benzene rings is 1. The highest BCUT2D eigenvalue weighted by Gasteiger charge is 2.32. The zero-order chi connectivity index (χ0) is 19.9. The highest BCUT2D eigenvalue weighted by Crippen LogP contribution is 2.27. The van der Waals surface area contributed by atoms with Gasteiger partial charge in [0.15, 0.2) is 9.84 Å². The van der Waals surface area contributed by atoms with Crippen LogP contribution in [0.15, 0.2) is 29.4 Å². The van der Waals surface area contributed by atoms with Crippen molar-refractivity contribution in [3.05, 3.63) is 52.3 Å². The van der Waals surface area contributed by atoms with Gasteiger partial charge >= 0.3 is 0 Å². The predicted octanol–water partition coefficient (Wildman–Crippen LogP) is 2.47. The van der Waals surface area contributed by atoms with E-state index in [2.05, 4.69) is 40.2 Å². The summed E-state index contributed by atoms with van der Waals surface area (Å²) in [6.07, 6.45) is 5.53. The standard InChI is InChI=1S/C21H25N3O3S/c1-14-10-19(12-22-23-21(25)18-8-9-28(26,27)13-18)15(2)24(14)20-7-6-16-4-3-5-17(16)11-20/h6-7,10-12,18H,3-5,8-9,13H2,1-2H3,(H,23,25)/b22-12-/t18-/m1/s1. The number of sulfone groups is 1. The number of aromatic nitrogens is 1. The summed E-state index contributed by atoms with van der Waals surface area (Å²) in [5.74, 6) is -0.830. The predicted molar refractivity (Wildman–Crippen MR) is 110 cm³/mol. The summed E-state index contributed by atoms with van der Waals surface area (Å²) in [6, 6.07) is 8.69. The molecule has 28 heavy (non-hydrogen) atoms. The summed E-state index contributed by atoms with van der Waals surface area (Å²) in [7, 11) is -3.08. The van der Waals surface area contributed by atoms with E-state index in [0.29, 0.717) is 6.42 Å². The third kappa shape index (κ3) is 3.63. The second-order valence-corrected chi connectivity index (χ2v) is 10.0. The fraction of sp³-hybridized carbons (Fsp3) is 0.429. The Hall–Kier alpha value is -2.41. The summed E-state index contributed by atoms with van der Waals surface area (Å²) in [4.78, 5) is 12.1.